The molecule has 0 aliphatic carbocycles. The van der Waals surface area contributed by atoms with E-state index in [0.29, 0.717) is 17.9 Å². The lowest BCUT2D eigenvalue weighted by atomic mass is 10.3. The van der Waals surface area contributed by atoms with Gasteiger partial charge in [-0.05, 0) is 6.07 Å². The minimum Gasteiger partial charge on any atom is -0.337 e. The fourth-order valence-corrected chi connectivity index (χ4v) is 2.27. The number of nitrogens with one attached hydrogen (secondary N) is 2. The summed E-state index contributed by atoms with van der Waals surface area (Å²) in [6.45, 7) is 0.344. The van der Waals surface area contributed by atoms with Crippen molar-refractivity contribution in [2.75, 3.05) is 5.32 Å². The van der Waals surface area contributed by atoms with Crippen molar-refractivity contribution in [2.24, 2.45) is 21.1 Å². The van der Waals surface area contributed by atoms with E-state index in [4.69, 9.17) is 0 Å². The highest BCUT2D eigenvalue weighted by Gasteiger charge is 2.15. The maximum Gasteiger partial charge on any atom is 0.319 e. The second-order valence-corrected chi connectivity index (χ2v) is 5.17. The summed E-state index contributed by atoms with van der Waals surface area (Å²) in [4.78, 5) is 16.3. The molecule has 3 aromatic heterocycles. The van der Waals surface area contributed by atoms with Crippen molar-refractivity contribution in [1.82, 2.24) is 34.4 Å². The van der Waals surface area contributed by atoms with Crippen LogP contribution in [0.3, 0.4) is 0 Å². The first-order valence-electron chi connectivity index (χ1n) is 7.07. The van der Waals surface area contributed by atoms with Gasteiger partial charge in [0.05, 0.1) is 17.9 Å². The number of amides is 2. The molecule has 0 bridgehead atoms. The van der Waals surface area contributed by atoms with Gasteiger partial charge >= 0.3 is 6.03 Å². The van der Waals surface area contributed by atoms with E-state index >= 15 is 0 Å². The van der Waals surface area contributed by atoms with Gasteiger partial charge in [-0.15, -0.1) is 0 Å². The van der Waals surface area contributed by atoms with Gasteiger partial charge in [0.2, 0.25) is 0 Å². The molecule has 0 saturated heterocycles. The number of carbonyl (C=O) groups excluding carboxylic acids is 1. The molecule has 9 heteroatoms. The highest BCUT2D eigenvalue weighted by molar-refractivity contribution is 5.92. The van der Waals surface area contributed by atoms with Gasteiger partial charge in [0, 0.05) is 45.9 Å². The zero-order valence-electron chi connectivity index (χ0n) is 13.2. The molecule has 3 heterocycles. The minimum absolute atomic E-state index is 0.315. The molecule has 0 aliphatic heterocycles. The van der Waals surface area contributed by atoms with E-state index in [1.165, 1.54) is 0 Å². The molecular formula is C14H18N8O. The number of hydrogen-bond acceptors (Lipinski definition) is 4. The third-order valence-electron chi connectivity index (χ3n) is 3.47. The van der Waals surface area contributed by atoms with Crippen molar-refractivity contribution in [3.63, 3.8) is 0 Å². The lowest BCUT2D eigenvalue weighted by molar-refractivity contribution is 0.251. The maximum atomic E-state index is 12.1. The van der Waals surface area contributed by atoms with Crippen molar-refractivity contribution in [1.29, 1.82) is 0 Å². The Hall–Kier alpha value is -3.10. The Kier molecular flexibility index (Phi) is 3.83. The molecule has 0 aromatic carbocycles. The molecule has 120 valence electrons. The van der Waals surface area contributed by atoms with Crippen molar-refractivity contribution in [3.8, 4) is 11.4 Å². The fourth-order valence-electron chi connectivity index (χ4n) is 2.27. The first-order chi connectivity index (χ1) is 11.0. The number of urea groups is 1. The smallest absolute Gasteiger partial charge is 0.319 e. The SMILES string of the molecule is Cn1cc(NC(=O)NCc2nccn2C)c(-c2ccnn2C)n1. The Bertz CT molecular complexity index is 828. The molecule has 0 saturated carbocycles. The summed E-state index contributed by atoms with van der Waals surface area (Å²) >= 11 is 0. The average Bonchev–Trinajstić information content (AvgIpc) is 3.18. The number of anilines is 1. The molecular weight excluding hydrogens is 296 g/mol. The van der Waals surface area contributed by atoms with Crippen LogP contribution in [-0.2, 0) is 27.7 Å². The highest BCUT2D eigenvalue weighted by atomic mass is 16.2. The highest BCUT2D eigenvalue weighted by Crippen LogP contribution is 2.25. The van der Waals surface area contributed by atoms with Gasteiger partial charge in [-0.2, -0.15) is 10.2 Å². The number of hydrogen-bond donors (Lipinski definition) is 2. The van der Waals surface area contributed by atoms with E-state index in [0.717, 1.165) is 11.5 Å². The lowest BCUT2D eigenvalue weighted by Crippen LogP contribution is -2.29. The third kappa shape index (κ3) is 3.07. The maximum absolute atomic E-state index is 12.1. The van der Waals surface area contributed by atoms with Crippen LogP contribution in [0.2, 0.25) is 0 Å². The van der Waals surface area contributed by atoms with E-state index in [2.05, 4.69) is 25.8 Å². The zero-order chi connectivity index (χ0) is 16.4. The molecule has 0 atom stereocenters. The summed E-state index contributed by atoms with van der Waals surface area (Å²) in [5.74, 6) is 0.776. The Labute approximate surface area is 132 Å². The van der Waals surface area contributed by atoms with Gasteiger partial charge in [-0.3, -0.25) is 9.36 Å². The molecule has 0 unspecified atom stereocenters. The number of imidazole rings is 1. The van der Waals surface area contributed by atoms with Crippen LogP contribution in [0.5, 0.6) is 0 Å². The van der Waals surface area contributed by atoms with E-state index in [-0.39, 0.29) is 6.03 Å². The zero-order valence-corrected chi connectivity index (χ0v) is 13.2. The average molecular weight is 314 g/mol. The van der Waals surface area contributed by atoms with Crippen LogP contribution < -0.4 is 10.6 Å². The summed E-state index contributed by atoms with van der Waals surface area (Å²) < 4.78 is 5.21. The predicted molar refractivity (Wildman–Crippen MR) is 84.5 cm³/mol. The predicted octanol–water partition coefficient (Wildman–Crippen LogP) is 0.876. The van der Waals surface area contributed by atoms with Gasteiger partial charge < -0.3 is 15.2 Å². The summed E-state index contributed by atoms with van der Waals surface area (Å²) in [6.07, 6.45) is 6.96. The number of aryl methyl sites for hydroxylation is 3. The van der Waals surface area contributed by atoms with Crippen LogP contribution >= 0.6 is 0 Å². The Morgan fingerprint density at radius 2 is 2.09 bits per heavy atom. The van der Waals surface area contributed by atoms with Gasteiger partial charge in [-0.25, -0.2) is 9.78 Å². The molecule has 2 N–H and O–H groups in total. The summed E-state index contributed by atoms with van der Waals surface area (Å²) in [5.41, 5.74) is 2.11. The first kappa shape index (κ1) is 14.8. The van der Waals surface area contributed by atoms with Crippen molar-refractivity contribution >= 4 is 11.7 Å². The molecule has 2 amide bonds. The van der Waals surface area contributed by atoms with Gasteiger partial charge in [0.25, 0.3) is 0 Å². The lowest BCUT2D eigenvalue weighted by Gasteiger charge is -2.08. The van der Waals surface area contributed by atoms with Crippen LogP contribution in [0, 0.1) is 0 Å². The molecule has 3 aromatic rings. The summed E-state index contributed by atoms with van der Waals surface area (Å²) in [7, 11) is 5.51. The molecule has 23 heavy (non-hydrogen) atoms. The quantitative estimate of drug-likeness (QED) is 0.747. The van der Waals surface area contributed by atoms with Crippen molar-refractivity contribution in [2.45, 2.75) is 6.54 Å². The van der Waals surface area contributed by atoms with Crippen LogP contribution in [0.1, 0.15) is 5.82 Å². The number of aromatic nitrogens is 6. The van der Waals surface area contributed by atoms with Crippen LogP contribution in [-0.4, -0.2) is 35.1 Å². The van der Waals surface area contributed by atoms with Crippen LogP contribution in [0.15, 0.2) is 30.9 Å². The molecule has 0 aliphatic rings. The first-order valence-corrected chi connectivity index (χ1v) is 7.07. The molecule has 9 nitrogen and oxygen atoms in total. The van der Waals surface area contributed by atoms with Gasteiger partial charge in [-0.1, -0.05) is 0 Å². The van der Waals surface area contributed by atoms with E-state index < -0.39 is 0 Å². The largest absolute Gasteiger partial charge is 0.337 e. The Balaban J connectivity index is 1.72. The Morgan fingerprint density at radius 1 is 1.26 bits per heavy atom. The number of nitrogens with zero attached hydrogens (tertiary/aromatic N) is 6. The normalized spacial score (nSPS) is 10.7. The Morgan fingerprint density at radius 3 is 2.74 bits per heavy atom. The standard InChI is InChI=1S/C14H18N8O/c1-20-7-6-15-12(20)8-16-14(23)18-10-9-21(2)19-13(10)11-4-5-17-22(11)3/h4-7,9H,8H2,1-3H3,(H2,16,18,23). The second-order valence-electron chi connectivity index (χ2n) is 5.17. The van der Waals surface area contributed by atoms with E-state index in [1.807, 2.05) is 30.9 Å². The fraction of sp³-hybridized carbons (Fsp3) is 0.286. The number of carbonyl (C=O) groups is 1. The van der Waals surface area contributed by atoms with Crippen molar-refractivity contribution < 1.29 is 4.79 Å². The second kappa shape index (κ2) is 5.95. The summed E-state index contributed by atoms with van der Waals surface area (Å²) in [6, 6.07) is 1.53. The van der Waals surface area contributed by atoms with E-state index in [1.54, 1.807) is 35.0 Å². The van der Waals surface area contributed by atoms with Gasteiger partial charge in [0.1, 0.15) is 11.5 Å². The van der Waals surface area contributed by atoms with Crippen molar-refractivity contribution in [3.05, 3.63) is 36.7 Å². The molecule has 3 rings (SSSR count). The number of rotatable bonds is 4. The molecule has 0 spiro atoms. The van der Waals surface area contributed by atoms with Crippen LogP contribution in [0.4, 0.5) is 10.5 Å². The minimum atomic E-state index is -0.315. The monoisotopic (exact) mass is 314 g/mol. The van der Waals surface area contributed by atoms with E-state index in [9.17, 15) is 4.79 Å². The summed E-state index contributed by atoms with van der Waals surface area (Å²) in [5, 5.41) is 14.1. The third-order valence-corrected chi connectivity index (χ3v) is 3.47. The van der Waals surface area contributed by atoms with Gasteiger partial charge in [0.15, 0.2) is 0 Å². The topological polar surface area (TPSA) is 94.6 Å². The molecule has 0 fully saturated rings. The van der Waals surface area contributed by atoms with Crippen LogP contribution in [0.25, 0.3) is 11.4 Å². The molecule has 0 radical (unpaired) electrons.